The van der Waals surface area contributed by atoms with Gasteiger partial charge in [-0.3, -0.25) is 14.8 Å². The molecule has 0 aromatic carbocycles. The molecule has 1 N–H and O–H groups in total. The van der Waals surface area contributed by atoms with E-state index in [1.165, 1.54) is 0 Å². The van der Waals surface area contributed by atoms with Crippen LogP contribution in [0.4, 0.5) is 5.82 Å². The average molecular weight is 271 g/mol. The van der Waals surface area contributed by atoms with E-state index in [0.717, 1.165) is 16.1 Å². The molecule has 0 bridgehead atoms. The number of nitrogens with zero attached hydrogens (tertiary/aromatic N) is 2. The van der Waals surface area contributed by atoms with Crippen LogP contribution in [0.5, 0.6) is 0 Å². The smallest absolute Gasteiger partial charge is 0.229 e. The van der Waals surface area contributed by atoms with Gasteiger partial charge in [-0.25, -0.2) is 0 Å². The van der Waals surface area contributed by atoms with Crippen molar-refractivity contribution in [1.29, 1.82) is 0 Å². The summed E-state index contributed by atoms with van der Waals surface area (Å²) in [5.41, 5.74) is 1.97. The number of aromatic nitrogens is 2. The van der Waals surface area contributed by atoms with E-state index in [0.29, 0.717) is 18.8 Å². The lowest BCUT2D eigenvalue weighted by Crippen LogP contribution is -2.25. The fourth-order valence-corrected chi connectivity index (χ4v) is 3.11. The van der Waals surface area contributed by atoms with Gasteiger partial charge < -0.3 is 0 Å². The Bertz CT molecular complexity index is 651. The number of carbonyl (C=O) groups excluding carboxylic acids is 1. The van der Waals surface area contributed by atoms with Crippen molar-refractivity contribution in [3.05, 3.63) is 23.1 Å². The summed E-state index contributed by atoms with van der Waals surface area (Å²) in [4.78, 5) is 14.8. The Hall–Kier alpha value is -2.06. The Morgan fingerprint density at radius 2 is 2.47 bits per heavy atom. The number of carbonyl (C=O) groups is 1. The summed E-state index contributed by atoms with van der Waals surface area (Å²) in [7, 11) is 0. The van der Waals surface area contributed by atoms with E-state index in [2.05, 4.69) is 16.1 Å². The average Bonchev–Trinajstić information content (AvgIpc) is 3.09. The first-order valence-electron chi connectivity index (χ1n) is 6.06. The second-order valence-corrected chi connectivity index (χ2v) is 5.54. The van der Waals surface area contributed by atoms with E-state index in [4.69, 9.17) is 6.42 Å². The molecule has 1 aliphatic heterocycles. The quantitative estimate of drug-likeness (QED) is 0.853. The molecule has 0 radical (unpaired) electrons. The number of hydrogen-bond acceptors (Lipinski definition) is 3. The lowest BCUT2D eigenvalue weighted by Gasteiger charge is -2.13. The van der Waals surface area contributed by atoms with Gasteiger partial charge in [0.2, 0.25) is 5.91 Å². The van der Waals surface area contributed by atoms with Crippen LogP contribution in [0.2, 0.25) is 0 Å². The van der Waals surface area contributed by atoms with Gasteiger partial charge in [-0.1, -0.05) is 6.07 Å². The van der Waals surface area contributed by atoms with Crippen molar-refractivity contribution in [2.75, 3.05) is 11.4 Å². The third kappa shape index (κ3) is 1.94. The van der Waals surface area contributed by atoms with Crippen LogP contribution < -0.4 is 4.90 Å². The molecule has 1 amide bonds. The summed E-state index contributed by atoms with van der Waals surface area (Å²) in [5.74, 6) is 3.40. The Balaban J connectivity index is 1.96. The van der Waals surface area contributed by atoms with Crippen LogP contribution in [0.3, 0.4) is 0 Å². The van der Waals surface area contributed by atoms with Gasteiger partial charge in [-0.15, -0.1) is 23.7 Å². The van der Waals surface area contributed by atoms with Crippen LogP contribution in [-0.4, -0.2) is 22.6 Å². The predicted octanol–water partition coefficient (Wildman–Crippen LogP) is 2.43. The van der Waals surface area contributed by atoms with Crippen molar-refractivity contribution in [1.82, 2.24) is 10.2 Å². The predicted molar refractivity (Wildman–Crippen MR) is 75.9 cm³/mol. The SMILES string of the molecule is C#CC1CC(=O)N(c2n[nH]c(-c3cccs3)c2C)C1. The Morgan fingerprint density at radius 1 is 1.63 bits per heavy atom. The first-order chi connectivity index (χ1) is 9.20. The molecule has 4 nitrogen and oxygen atoms in total. The topological polar surface area (TPSA) is 49.0 Å². The molecule has 0 saturated carbocycles. The van der Waals surface area contributed by atoms with Crippen LogP contribution in [0, 0.1) is 25.2 Å². The van der Waals surface area contributed by atoms with Crippen LogP contribution >= 0.6 is 11.3 Å². The molecule has 2 aromatic heterocycles. The van der Waals surface area contributed by atoms with Gasteiger partial charge in [-0.2, -0.15) is 5.10 Å². The summed E-state index contributed by atoms with van der Waals surface area (Å²) in [6.07, 6.45) is 5.82. The first kappa shape index (κ1) is 12.0. The van der Waals surface area contributed by atoms with Gasteiger partial charge in [0.1, 0.15) is 0 Å². The zero-order valence-corrected chi connectivity index (χ0v) is 11.3. The molecule has 1 aliphatic rings. The molecule has 0 spiro atoms. The summed E-state index contributed by atoms with van der Waals surface area (Å²) >= 11 is 1.64. The third-order valence-corrected chi connectivity index (χ3v) is 4.26. The van der Waals surface area contributed by atoms with E-state index < -0.39 is 0 Å². The van der Waals surface area contributed by atoms with Crippen molar-refractivity contribution >= 4 is 23.1 Å². The number of aromatic amines is 1. The molecule has 96 valence electrons. The highest BCUT2D eigenvalue weighted by molar-refractivity contribution is 7.13. The molecule has 3 rings (SSSR count). The van der Waals surface area contributed by atoms with Gasteiger partial charge >= 0.3 is 0 Å². The number of terminal acetylenes is 1. The van der Waals surface area contributed by atoms with Crippen molar-refractivity contribution in [2.24, 2.45) is 5.92 Å². The number of H-pyrrole nitrogens is 1. The minimum Gasteiger partial charge on any atom is -0.294 e. The Morgan fingerprint density at radius 3 is 3.11 bits per heavy atom. The molecule has 1 unspecified atom stereocenters. The maximum absolute atomic E-state index is 12.0. The number of anilines is 1. The largest absolute Gasteiger partial charge is 0.294 e. The zero-order chi connectivity index (χ0) is 13.4. The van der Waals surface area contributed by atoms with Crippen molar-refractivity contribution < 1.29 is 4.79 Å². The molecule has 1 fully saturated rings. The normalized spacial score (nSPS) is 18.8. The second-order valence-electron chi connectivity index (χ2n) is 4.60. The summed E-state index contributed by atoms with van der Waals surface area (Å²) < 4.78 is 0. The molecular formula is C14H13N3OS. The molecule has 1 atom stereocenters. The van der Waals surface area contributed by atoms with Crippen LogP contribution in [0.1, 0.15) is 12.0 Å². The van der Waals surface area contributed by atoms with E-state index >= 15 is 0 Å². The van der Waals surface area contributed by atoms with Gasteiger partial charge in [0.25, 0.3) is 0 Å². The van der Waals surface area contributed by atoms with E-state index in [1.54, 1.807) is 16.2 Å². The zero-order valence-electron chi connectivity index (χ0n) is 10.5. The van der Waals surface area contributed by atoms with Crippen molar-refractivity contribution in [3.63, 3.8) is 0 Å². The highest BCUT2D eigenvalue weighted by atomic mass is 32.1. The second kappa shape index (κ2) is 4.56. The van der Waals surface area contributed by atoms with Crippen LogP contribution in [-0.2, 0) is 4.79 Å². The maximum atomic E-state index is 12.0. The van der Waals surface area contributed by atoms with E-state index in [1.807, 2.05) is 24.4 Å². The lowest BCUT2D eigenvalue weighted by atomic mass is 10.1. The fraction of sp³-hybridized carbons (Fsp3) is 0.286. The molecule has 0 aliphatic carbocycles. The Kier molecular flexibility index (Phi) is 2.88. The number of nitrogens with one attached hydrogen (secondary N) is 1. The lowest BCUT2D eigenvalue weighted by molar-refractivity contribution is -0.117. The number of amides is 1. The molecular weight excluding hydrogens is 258 g/mol. The Labute approximate surface area is 115 Å². The van der Waals surface area contributed by atoms with Gasteiger partial charge in [-0.05, 0) is 18.4 Å². The highest BCUT2D eigenvalue weighted by Gasteiger charge is 2.32. The first-order valence-corrected chi connectivity index (χ1v) is 6.94. The maximum Gasteiger partial charge on any atom is 0.229 e. The number of thiophene rings is 1. The van der Waals surface area contributed by atoms with Crippen molar-refractivity contribution in [2.45, 2.75) is 13.3 Å². The van der Waals surface area contributed by atoms with Gasteiger partial charge in [0.15, 0.2) is 5.82 Å². The van der Waals surface area contributed by atoms with Crippen molar-refractivity contribution in [3.8, 4) is 22.9 Å². The molecule has 5 heteroatoms. The van der Waals surface area contributed by atoms with E-state index in [9.17, 15) is 4.79 Å². The summed E-state index contributed by atoms with van der Waals surface area (Å²) in [5, 5.41) is 9.33. The van der Waals surface area contributed by atoms with E-state index in [-0.39, 0.29) is 11.8 Å². The molecule has 19 heavy (non-hydrogen) atoms. The van der Waals surface area contributed by atoms with Crippen LogP contribution in [0.25, 0.3) is 10.6 Å². The minimum atomic E-state index is -0.00575. The number of hydrogen-bond donors (Lipinski definition) is 1. The van der Waals surface area contributed by atoms with Gasteiger partial charge in [0.05, 0.1) is 10.6 Å². The molecule has 3 heterocycles. The summed E-state index contributed by atoms with van der Waals surface area (Å²) in [6.45, 7) is 2.54. The van der Waals surface area contributed by atoms with Gasteiger partial charge in [0, 0.05) is 24.4 Å². The highest BCUT2D eigenvalue weighted by Crippen LogP contribution is 2.33. The fourth-order valence-electron chi connectivity index (χ4n) is 2.34. The third-order valence-electron chi connectivity index (χ3n) is 3.37. The monoisotopic (exact) mass is 271 g/mol. The summed E-state index contributed by atoms with van der Waals surface area (Å²) in [6, 6.07) is 4.03. The molecule has 2 aromatic rings. The van der Waals surface area contributed by atoms with Crippen LogP contribution in [0.15, 0.2) is 17.5 Å². The number of rotatable bonds is 2. The molecule has 1 saturated heterocycles. The minimum absolute atomic E-state index is 0.00575. The standard InChI is InChI=1S/C14H13N3OS/c1-3-10-7-12(18)17(8-10)14-9(2)13(15-16-14)11-5-4-6-19-11/h1,4-6,10H,7-8H2,2H3,(H,15,16).